The van der Waals surface area contributed by atoms with Crippen LogP contribution in [0.1, 0.15) is 5.69 Å². The van der Waals surface area contributed by atoms with E-state index in [1.54, 1.807) is 7.05 Å². The summed E-state index contributed by atoms with van der Waals surface area (Å²) in [7, 11) is 3.59. The maximum atomic E-state index is 5.35. The molecule has 0 aliphatic carbocycles. The molecule has 20 heavy (non-hydrogen) atoms. The highest BCUT2D eigenvalue weighted by Gasteiger charge is 2.12. The summed E-state index contributed by atoms with van der Waals surface area (Å²) in [5.74, 6) is 1.78. The van der Waals surface area contributed by atoms with E-state index in [2.05, 4.69) is 25.5 Å². The van der Waals surface area contributed by atoms with Gasteiger partial charge >= 0.3 is 0 Å². The van der Waals surface area contributed by atoms with Crippen LogP contribution in [-0.4, -0.2) is 51.3 Å². The number of hydrogen-bond acceptors (Lipinski definition) is 4. The van der Waals surface area contributed by atoms with Crippen LogP contribution < -0.4 is 15.5 Å². The Hall–Kier alpha value is -1.09. The molecule has 1 aliphatic rings. The molecule has 0 radical (unpaired) electrons. The molecule has 0 amide bonds. The van der Waals surface area contributed by atoms with E-state index >= 15 is 0 Å². The van der Waals surface area contributed by atoms with E-state index in [4.69, 9.17) is 4.74 Å². The zero-order valence-electron chi connectivity index (χ0n) is 11.9. The summed E-state index contributed by atoms with van der Waals surface area (Å²) in [4.78, 5) is 11.0. The zero-order valence-corrected chi connectivity index (χ0v) is 14.3. The SMILES string of the molecule is CN=C(NC)NCc1cccc(N2CCOCC2)n1.I. The standard InChI is InChI=1S/C13H21N5O.HI/c1-14-13(15-2)16-10-11-4-3-5-12(17-11)18-6-8-19-9-7-18;/h3-5H,6-10H2,1-2H3,(H2,14,15,16);1H. The van der Waals surface area contributed by atoms with Gasteiger partial charge in [0.2, 0.25) is 0 Å². The van der Waals surface area contributed by atoms with Gasteiger partial charge < -0.3 is 20.3 Å². The second kappa shape index (κ2) is 8.96. The van der Waals surface area contributed by atoms with Gasteiger partial charge in [-0.3, -0.25) is 4.99 Å². The molecule has 6 nitrogen and oxygen atoms in total. The molecule has 0 spiro atoms. The molecule has 112 valence electrons. The number of anilines is 1. The van der Waals surface area contributed by atoms with Crippen LogP contribution in [0.2, 0.25) is 0 Å². The average Bonchev–Trinajstić information content (AvgIpc) is 2.49. The zero-order chi connectivity index (χ0) is 13.5. The number of nitrogens with zero attached hydrogens (tertiary/aromatic N) is 3. The Balaban J connectivity index is 0.00000200. The Labute approximate surface area is 137 Å². The molecule has 1 aromatic rings. The van der Waals surface area contributed by atoms with E-state index < -0.39 is 0 Å². The molecule has 0 unspecified atom stereocenters. The molecule has 2 rings (SSSR count). The third-order valence-electron chi connectivity index (χ3n) is 3.02. The van der Waals surface area contributed by atoms with Crippen molar-refractivity contribution in [1.29, 1.82) is 0 Å². The van der Waals surface area contributed by atoms with Gasteiger partial charge in [-0.05, 0) is 12.1 Å². The topological polar surface area (TPSA) is 61.8 Å². The van der Waals surface area contributed by atoms with Gasteiger partial charge in [0, 0.05) is 27.2 Å². The number of aliphatic imine (C=N–C) groups is 1. The molecule has 2 heterocycles. The largest absolute Gasteiger partial charge is 0.378 e. The Kier molecular flexibility index (Phi) is 7.60. The van der Waals surface area contributed by atoms with Crippen LogP contribution in [0.4, 0.5) is 5.82 Å². The van der Waals surface area contributed by atoms with Crippen molar-refractivity contribution in [2.75, 3.05) is 45.3 Å². The molecule has 0 atom stereocenters. The van der Waals surface area contributed by atoms with Gasteiger partial charge in [-0.1, -0.05) is 6.07 Å². The van der Waals surface area contributed by atoms with Crippen LogP contribution in [0.25, 0.3) is 0 Å². The monoisotopic (exact) mass is 391 g/mol. The third-order valence-corrected chi connectivity index (χ3v) is 3.02. The highest BCUT2D eigenvalue weighted by molar-refractivity contribution is 14.0. The van der Waals surface area contributed by atoms with Gasteiger partial charge in [0.25, 0.3) is 0 Å². The van der Waals surface area contributed by atoms with Crippen molar-refractivity contribution in [3.8, 4) is 0 Å². The first kappa shape index (κ1) is 17.0. The van der Waals surface area contributed by atoms with Crippen LogP contribution in [0, 0.1) is 0 Å². The van der Waals surface area contributed by atoms with Crippen molar-refractivity contribution in [2.24, 2.45) is 4.99 Å². The molecule has 0 saturated carbocycles. The van der Waals surface area contributed by atoms with E-state index in [9.17, 15) is 0 Å². The predicted octanol–water partition coefficient (Wildman–Crippen LogP) is 0.831. The first-order valence-electron chi connectivity index (χ1n) is 6.50. The van der Waals surface area contributed by atoms with Crippen LogP contribution in [0.15, 0.2) is 23.2 Å². The average molecular weight is 391 g/mol. The molecule has 2 N–H and O–H groups in total. The number of ether oxygens (including phenoxy) is 1. The Morgan fingerprint density at radius 3 is 2.80 bits per heavy atom. The van der Waals surface area contributed by atoms with Crippen molar-refractivity contribution in [3.63, 3.8) is 0 Å². The van der Waals surface area contributed by atoms with Crippen molar-refractivity contribution in [3.05, 3.63) is 23.9 Å². The van der Waals surface area contributed by atoms with E-state index in [0.29, 0.717) is 6.54 Å². The molecule has 1 saturated heterocycles. The minimum atomic E-state index is 0. The smallest absolute Gasteiger partial charge is 0.191 e. The summed E-state index contributed by atoms with van der Waals surface area (Å²) in [6.45, 7) is 4.02. The number of morpholine rings is 1. The molecular weight excluding hydrogens is 369 g/mol. The molecule has 0 aromatic carbocycles. The third kappa shape index (κ3) is 4.78. The predicted molar refractivity (Wildman–Crippen MR) is 91.9 cm³/mol. The lowest BCUT2D eigenvalue weighted by Gasteiger charge is -2.28. The van der Waals surface area contributed by atoms with Crippen molar-refractivity contribution < 1.29 is 4.74 Å². The van der Waals surface area contributed by atoms with Crippen molar-refractivity contribution >= 4 is 35.8 Å². The van der Waals surface area contributed by atoms with Gasteiger partial charge in [-0.25, -0.2) is 4.98 Å². The van der Waals surface area contributed by atoms with Gasteiger partial charge in [0.1, 0.15) is 5.82 Å². The summed E-state index contributed by atoms with van der Waals surface area (Å²) in [6, 6.07) is 6.10. The Morgan fingerprint density at radius 1 is 1.40 bits per heavy atom. The minimum absolute atomic E-state index is 0. The summed E-state index contributed by atoms with van der Waals surface area (Å²) < 4.78 is 5.35. The van der Waals surface area contributed by atoms with Gasteiger partial charge in [-0.15, -0.1) is 24.0 Å². The van der Waals surface area contributed by atoms with E-state index in [1.165, 1.54) is 0 Å². The summed E-state index contributed by atoms with van der Waals surface area (Å²) >= 11 is 0. The number of guanidine groups is 1. The fraction of sp³-hybridized carbons (Fsp3) is 0.538. The Bertz CT molecular complexity index is 435. The van der Waals surface area contributed by atoms with E-state index in [0.717, 1.165) is 43.8 Å². The maximum Gasteiger partial charge on any atom is 0.191 e. The normalized spacial score (nSPS) is 15.5. The minimum Gasteiger partial charge on any atom is -0.378 e. The fourth-order valence-electron chi connectivity index (χ4n) is 1.99. The van der Waals surface area contributed by atoms with Gasteiger partial charge in [0.05, 0.1) is 25.5 Å². The molecule has 7 heteroatoms. The lowest BCUT2D eigenvalue weighted by atomic mass is 10.3. The molecule has 1 fully saturated rings. The number of halogens is 1. The van der Waals surface area contributed by atoms with Crippen LogP contribution in [0.5, 0.6) is 0 Å². The highest BCUT2D eigenvalue weighted by Crippen LogP contribution is 2.13. The number of nitrogens with one attached hydrogen (secondary N) is 2. The Morgan fingerprint density at radius 2 is 2.15 bits per heavy atom. The van der Waals surface area contributed by atoms with Crippen LogP contribution >= 0.6 is 24.0 Å². The van der Waals surface area contributed by atoms with Crippen LogP contribution in [-0.2, 0) is 11.3 Å². The second-order valence-electron chi connectivity index (χ2n) is 4.26. The number of hydrogen-bond donors (Lipinski definition) is 2. The molecule has 1 aromatic heterocycles. The molecule has 1 aliphatic heterocycles. The molecule has 0 bridgehead atoms. The van der Waals surface area contributed by atoms with Crippen molar-refractivity contribution in [2.45, 2.75) is 6.54 Å². The van der Waals surface area contributed by atoms with E-state index in [-0.39, 0.29) is 24.0 Å². The lowest BCUT2D eigenvalue weighted by molar-refractivity contribution is 0.122. The molecular formula is C13H22IN5O. The first-order chi connectivity index (χ1) is 9.33. The number of rotatable bonds is 3. The quantitative estimate of drug-likeness (QED) is 0.454. The number of aromatic nitrogens is 1. The fourth-order valence-corrected chi connectivity index (χ4v) is 1.99. The second-order valence-corrected chi connectivity index (χ2v) is 4.26. The first-order valence-corrected chi connectivity index (χ1v) is 6.50. The van der Waals surface area contributed by atoms with Gasteiger partial charge in [-0.2, -0.15) is 0 Å². The summed E-state index contributed by atoms with van der Waals surface area (Å²) in [5, 5.41) is 6.18. The van der Waals surface area contributed by atoms with E-state index in [1.807, 2.05) is 25.2 Å². The number of pyridine rings is 1. The van der Waals surface area contributed by atoms with Crippen molar-refractivity contribution in [1.82, 2.24) is 15.6 Å². The summed E-state index contributed by atoms with van der Waals surface area (Å²) in [6.07, 6.45) is 0. The lowest BCUT2D eigenvalue weighted by Crippen LogP contribution is -2.37. The maximum absolute atomic E-state index is 5.35. The van der Waals surface area contributed by atoms with Crippen LogP contribution in [0.3, 0.4) is 0 Å². The van der Waals surface area contributed by atoms with Gasteiger partial charge in [0.15, 0.2) is 5.96 Å². The highest BCUT2D eigenvalue weighted by atomic mass is 127. The summed E-state index contributed by atoms with van der Waals surface area (Å²) in [5.41, 5.74) is 1.00.